The number of hydrogen-bond donors (Lipinski definition) is 2. The van der Waals surface area contributed by atoms with Crippen LogP contribution in [0.1, 0.15) is 31.7 Å². The zero-order valence-electron chi connectivity index (χ0n) is 12.1. The van der Waals surface area contributed by atoms with Gasteiger partial charge in [0.1, 0.15) is 5.75 Å². The number of amides is 1. The summed E-state index contributed by atoms with van der Waals surface area (Å²) in [7, 11) is 0. The standard InChI is InChI=1S/C16H22N2O2/c1-3-20-12-5-7-14(10(2)8-12)18-16(19)13-9-11-4-6-15(13)17-11/h5,7-8,11,13,15,17H,3-4,6,9H2,1-2H3,(H,18,19). The van der Waals surface area contributed by atoms with Crippen LogP contribution in [0.25, 0.3) is 0 Å². The first-order valence-electron chi connectivity index (χ1n) is 7.47. The van der Waals surface area contributed by atoms with E-state index in [1.807, 2.05) is 32.0 Å². The molecule has 0 radical (unpaired) electrons. The van der Waals surface area contributed by atoms with Crippen LogP contribution in [-0.2, 0) is 4.79 Å². The van der Waals surface area contributed by atoms with E-state index in [0.717, 1.165) is 29.8 Å². The van der Waals surface area contributed by atoms with Gasteiger partial charge in [-0.15, -0.1) is 0 Å². The van der Waals surface area contributed by atoms with Crippen molar-refractivity contribution in [1.82, 2.24) is 5.32 Å². The summed E-state index contributed by atoms with van der Waals surface area (Å²) >= 11 is 0. The van der Waals surface area contributed by atoms with E-state index in [9.17, 15) is 4.79 Å². The van der Waals surface area contributed by atoms with Gasteiger partial charge in [-0.3, -0.25) is 4.79 Å². The van der Waals surface area contributed by atoms with Gasteiger partial charge in [-0.1, -0.05) is 0 Å². The van der Waals surface area contributed by atoms with Crippen LogP contribution in [-0.4, -0.2) is 24.6 Å². The largest absolute Gasteiger partial charge is 0.494 e. The van der Waals surface area contributed by atoms with E-state index in [1.165, 1.54) is 6.42 Å². The maximum atomic E-state index is 12.4. The van der Waals surface area contributed by atoms with E-state index in [4.69, 9.17) is 4.74 Å². The summed E-state index contributed by atoms with van der Waals surface area (Å²) in [6.07, 6.45) is 3.33. The molecule has 2 N–H and O–H groups in total. The Labute approximate surface area is 119 Å². The number of anilines is 1. The molecular formula is C16H22N2O2. The summed E-state index contributed by atoms with van der Waals surface area (Å²) < 4.78 is 5.46. The molecule has 3 unspecified atom stereocenters. The first kappa shape index (κ1) is 13.4. The molecule has 2 aliphatic heterocycles. The lowest BCUT2D eigenvalue weighted by molar-refractivity contribution is -0.120. The lowest BCUT2D eigenvalue weighted by Crippen LogP contribution is -2.33. The topological polar surface area (TPSA) is 50.4 Å². The molecule has 1 aromatic carbocycles. The highest BCUT2D eigenvalue weighted by Crippen LogP contribution is 2.34. The lowest BCUT2D eigenvalue weighted by atomic mass is 9.88. The first-order valence-corrected chi connectivity index (χ1v) is 7.47. The number of fused-ring (bicyclic) bond motifs is 2. The molecule has 0 aromatic heterocycles. The number of carbonyl (C=O) groups excluding carboxylic acids is 1. The Hall–Kier alpha value is -1.55. The summed E-state index contributed by atoms with van der Waals surface area (Å²) in [6.45, 7) is 4.62. The third kappa shape index (κ3) is 2.52. The van der Waals surface area contributed by atoms with Gasteiger partial charge in [-0.05, 0) is 56.9 Å². The first-order chi connectivity index (χ1) is 9.67. The molecule has 4 nitrogen and oxygen atoms in total. The van der Waals surface area contributed by atoms with Crippen molar-refractivity contribution in [2.45, 2.75) is 45.2 Å². The van der Waals surface area contributed by atoms with Crippen molar-refractivity contribution in [3.8, 4) is 5.75 Å². The fourth-order valence-electron chi connectivity index (χ4n) is 3.37. The maximum absolute atomic E-state index is 12.4. The lowest BCUT2D eigenvalue weighted by Gasteiger charge is -2.20. The van der Waals surface area contributed by atoms with Crippen LogP contribution in [0.5, 0.6) is 5.75 Å². The summed E-state index contributed by atoms with van der Waals surface area (Å²) in [6, 6.07) is 6.74. The minimum Gasteiger partial charge on any atom is -0.494 e. The third-order valence-corrected chi connectivity index (χ3v) is 4.40. The average Bonchev–Trinajstić information content (AvgIpc) is 3.04. The minimum atomic E-state index is 0.125. The maximum Gasteiger partial charge on any atom is 0.229 e. The van der Waals surface area contributed by atoms with Gasteiger partial charge in [0.25, 0.3) is 0 Å². The molecule has 2 saturated heterocycles. The van der Waals surface area contributed by atoms with E-state index in [0.29, 0.717) is 18.7 Å². The molecular weight excluding hydrogens is 252 g/mol. The van der Waals surface area contributed by atoms with Gasteiger partial charge in [-0.2, -0.15) is 0 Å². The van der Waals surface area contributed by atoms with Crippen LogP contribution in [0.2, 0.25) is 0 Å². The summed E-state index contributed by atoms with van der Waals surface area (Å²) in [5.74, 6) is 1.13. The zero-order chi connectivity index (χ0) is 14.1. The second-order valence-electron chi connectivity index (χ2n) is 5.79. The molecule has 1 aromatic rings. The smallest absolute Gasteiger partial charge is 0.229 e. The number of hydrogen-bond acceptors (Lipinski definition) is 3. The Balaban J connectivity index is 1.67. The number of rotatable bonds is 4. The highest BCUT2D eigenvalue weighted by atomic mass is 16.5. The van der Waals surface area contributed by atoms with E-state index in [2.05, 4.69) is 10.6 Å². The Bertz CT molecular complexity index is 515. The van der Waals surface area contributed by atoms with Crippen LogP contribution >= 0.6 is 0 Å². The molecule has 3 rings (SSSR count). The zero-order valence-corrected chi connectivity index (χ0v) is 12.1. The van der Waals surface area contributed by atoms with Gasteiger partial charge < -0.3 is 15.4 Å². The van der Waals surface area contributed by atoms with Crippen LogP contribution in [0.3, 0.4) is 0 Å². The van der Waals surface area contributed by atoms with Gasteiger partial charge in [0.15, 0.2) is 0 Å². The van der Waals surface area contributed by atoms with E-state index in [-0.39, 0.29) is 11.8 Å². The van der Waals surface area contributed by atoms with Crippen molar-refractivity contribution >= 4 is 11.6 Å². The SMILES string of the molecule is CCOc1ccc(NC(=O)C2CC3CCC2N3)c(C)c1. The second kappa shape index (κ2) is 5.44. The monoisotopic (exact) mass is 274 g/mol. The number of ether oxygens (including phenoxy) is 1. The van der Waals surface area contributed by atoms with Gasteiger partial charge in [0.05, 0.1) is 12.5 Å². The average molecular weight is 274 g/mol. The minimum absolute atomic E-state index is 0.125. The van der Waals surface area contributed by atoms with E-state index < -0.39 is 0 Å². The normalized spacial score (nSPS) is 27.6. The van der Waals surface area contributed by atoms with Gasteiger partial charge in [0.2, 0.25) is 5.91 Å². The fourth-order valence-corrected chi connectivity index (χ4v) is 3.37. The molecule has 20 heavy (non-hydrogen) atoms. The molecule has 2 fully saturated rings. The molecule has 4 heteroatoms. The number of aryl methyl sites for hydroxylation is 1. The molecule has 108 valence electrons. The summed E-state index contributed by atoms with van der Waals surface area (Å²) in [5.41, 5.74) is 1.93. The van der Waals surface area contributed by atoms with Gasteiger partial charge >= 0.3 is 0 Å². The Morgan fingerprint density at radius 1 is 1.45 bits per heavy atom. The van der Waals surface area contributed by atoms with Gasteiger partial charge in [-0.25, -0.2) is 0 Å². The third-order valence-electron chi connectivity index (χ3n) is 4.40. The molecule has 2 aliphatic rings. The van der Waals surface area contributed by atoms with E-state index in [1.54, 1.807) is 0 Å². The van der Waals surface area contributed by atoms with Crippen LogP contribution < -0.4 is 15.4 Å². The Kier molecular flexibility index (Phi) is 3.66. The van der Waals surface area contributed by atoms with Crippen LogP contribution in [0, 0.1) is 12.8 Å². The number of nitrogens with one attached hydrogen (secondary N) is 2. The summed E-state index contributed by atoms with van der Waals surface area (Å²) in [5, 5.41) is 6.58. The molecule has 2 bridgehead atoms. The summed E-state index contributed by atoms with van der Waals surface area (Å²) in [4.78, 5) is 12.4. The number of carbonyl (C=O) groups is 1. The molecule has 0 aliphatic carbocycles. The predicted molar refractivity (Wildman–Crippen MR) is 79.0 cm³/mol. The second-order valence-corrected chi connectivity index (χ2v) is 5.79. The van der Waals surface area contributed by atoms with Crippen molar-refractivity contribution in [1.29, 1.82) is 0 Å². The van der Waals surface area contributed by atoms with Gasteiger partial charge in [0, 0.05) is 17.8 Å². The van der Waals surface area contributed by atoms with E-state index >= 15 is 0 Å². The number of benzene rings is 1. The quantitative estimate of drug-likeness (QED) is 0.887. The highest BCUT2D eigenvalue weighted by Gasteiger charge is 2.42. The van der Waals surface area contributed by atoms with Crippen LogP contribution in [0.15, 0.2) is 18.2 Å². The van der Waals surface area contributed by atoms with Crippen molar-refractivity contribution in [2.24, 2.45) is 5.92 Å². The molecule has 1 amide bonds. The molecule has 3 atom stereocenters. The predicted octanol–water partition coefficient (Wildman–Crippen LogP) is 2.47. The fraction of sp³-hybridized carbons (Fsp3) is 0.562. The van der Waals surface area contributed by atoms with Crippen molar-refractivity contribution in [2.75, 3.05) is 11.9 Å². The van der Waals surface area contributed by atoms with Crippen LogP contribution in [0.4, 0.5) is 5.69 Å². The Morgan fingerprint density at radius 2 is 2.30 bits per heavy atom. The molecule has 0 saturated carbocycles. The molecule has 0 spiro atoms. The molecule has 2 heterocycles. The van der Waals surface area contributed by atoms with Crippen molar-refractivity contribution in [3.63, 3.8) is 0 Å². The van der Waals surface area contributed by atoms with Crippen molar-refractivity contribution in [3.05, 3.63) is 23.8 Å². The Morgan fingerprint density at radius 3 is 2.90 bits per heavy atom. The van der Waals surface area contributed by atoms with Crippen molar-refractivity contribution < 1.29 is 9.53 Å². The highest BCUT2D eigenvalue weighted by molar-refractivity contribution is 5.94.